The Morgan fingerprint density at radius 2 is 1.89 bits per heavy atom. The van der Waals surface area contributed by atoms with Crippen molar-refractivity contribution >= 4 is 11.9 Å². The summed E-state index contributed by atoms with van der Waals surface area (Å²) in [6, 6.07) is 9.10. The number of carbonyl (C=O) groups is 2. The Kier molecular flexibility index (Phi) is 10.9. The van der Waals surface area contributed by atoms with Crippen molar-refractivity contribution in [2.45, 2.75) is 39.8 Å². The van der Waals surface area contributed by atoms with Gasteiger partial charge in [0.2, 0.25) is 0 Å². The Bertz CT molecular complexity index is 623. The first-order chi connectivity index (χ1) is 13.3. The first-order valence-electron chi connectivity index (χ1n) is 9.62. The monoisotopic (exact) mass is 392 g/mol. The SMILES string of the molecule is CCOc1ccccc1CN(CC(C)C)[C@H]1CCNC1.O=C(O)/C=C/C(=O)O. The van der Waals surface area contributed by atoms with E-state index in [0.717, 1.165) is 38.5 Å². The fourth-order valence-corrected chi connectivity index (χ4v) is 3.05. The molecule has 1 aliphatic rings. The van der Waals surface area contributed by atoms with Crippen LogP contribution >= 0.6 is 0 Å². The van der Waals surface area contributed by atoms with E-state index in [0.29, 0.717) is 24.1 Å². The number of carboxylic acids is 2. The highest BCUT2D eigenvalue weighted by molar-refractivity contribution is 5.89. The zero-order valence-electron chi connectivity index (χ0n) is 16.9. The van der Waals surface area contributed by atoms with E-state index < -0.39 is 11.9 Å². The standard InChI is InChI=1S/C17H28N2O.C4H4O4/c1-4-20-17-8-6-5-7-15(17)13-19(12-14(2)3)16-9-10-18-11-16;5-3(6)1-2-4(7)8/h5-8,14,16,18H,4,9-13H2,1-3H3;1-2H,(H,5,6)(H,7,8)/b;2-1+/t16-;/m0./s1. The summed E-state index contributed by atoms with van der Waals surface area (Å²) >= 11 is 0. The molecule has 0 amide bonds. The van der Waals surface area contributed by atoms with Crippen molar-refractivity contribution in [3.8, 4) is 5.75 Å². The highest BCUT2D eigenvalue weighted by Gasteiger charge is 2.23. The maximum atomic E-state index is 9.55. The van der Waals surface area contributed by atoms with Gasteiger partial charge in [-0.15, -0.1) is 0 Å². The van der Waals surface area contributed by atoms with Crippen molar-refractivity contribution in [3.05, 3.63) is 42.0 Å². The molecule has 0 aliphatic carbocycles. The van der Waals surface area contributed by atoms with E-state index in [2.05, 4.69) is 48.3 Å². The zero-order chi connectivity index (χ0) is 20.9. The second-order valence-electron chi connectivity index (χ2n) is 7.02. The fourth-order valence-electron chi connectivity index (χ4n) is 3.05. The highest BCUT2D eigenvalue weighted by atomic mass is 16.5. The molecule has 1 heterocycles. The summed E-state index contributed by atoms with van der Waals surface area (Å²) in [4.78, 5) is 21.7. The number of ether oxygens (including phenoxy) is 1. The lowest BCUT2D eigenvalue weighted by atomic mass is 10.1. The first kappa shape index (κ1) is 23.7. The Morgan fingerprint density at radius 3 is 2.39 bits per heavy atom. The molecule has 7 nitrogen and oxygen atoms in total. The molecule has 0 unspecified atom stereocenters. The quantitative estimate of drug-likeness (QED) is 0.556. The van der Waals surface area contributed by atoms with Gasteiger partial charge in [-0.25, -0.2) is 9.59 Å². The van der Waals surface area contributed by atoms with Crippen LogP contribution < -0.4 is 10.1 Å². The zero-order valence-corrected chi connectivity index (χ0v) is 16.9. The van der Waals surface area contributed by atoms with Crippen molar-refractivity contribution in [2.24, 2.45) is 5.92 Å². The average Bonchev–Trinajstić information content (AvgIpc) is 3.16. The Morgan fingerprint density at radius 1 is 1.25 bits per heavy atom. The molecule has 0 bridgehead atoms. The predicted molar refractivity (Wildman–Crippen MR) is 109 cm³/mol. The van der Waals surface area contributed by atoms with Gasteiger partial charge in [0.15, 0.2) is 0 Å². The summed E-state index contributed by atoms with van der Waals surface area (Å²) in [5.74, 6) is -0.788. The molecule has 1 fully saturated rings. The molecule has 1 saturated heterocycles. The van der Waals surface area contributed by atoms with E-state index in [1.165, 1.54) is 12.0 Å². The van der Waals surface area contributed by atoms with Gasteiger partial charge in [0, 0.05) is 43.4 Å². The molecule has 1 aromatic carbocycles. The molecule has 1 aromatic rings. The number of hydrogen-bond donors (Lipinski definition) is 3. The van der Waals surface area contributed by atoms with Crippen LogP contribution in [0.25, 0.3) is 0 Å². The van der Waals surface area contributed by atoms with Crippen LogP contribution in [0.2, 0.25) is 0 Å². The molecule has 0 aromatic heterocycles. The van der Waals surface area contributed by atoms with Gasteiger partial charge >= 0.3 is 11.9 Å². The van der Waals surface area contributed by atoms with Crippen LogP contribution in [-0.2, 0) is 16.1 Å². The molecule has 0 spiro atoms. The van der Waals surface area contributed by atoms with Gasteiger partial charge in [0.1, 0.15) is 5.75 Å². The minimum absolute atomic E-state index is 0.558. The normalized spacial score (nSPS) is 16.2. The lowest BCUT2D eigenvalue weighted by Gasteiger charge is -2.30. The number of aliphatic carboxylic acids is 2. The third-order valence-corrected chi connectivity index (χ3v) is 4.16. The summed E-state index contributed by atoms with van der Waals surface area (Å²) in [6.45, 7) is 11.8. The van der Waals surface area contributed by atoms with Crippen molar-refractivity contribution in [2.75, 3.05) is 26.2 Å². The van der Waals surface area contributed by atoms with Gasteiger partial charge in [0.25, 0.3) is 0 Å². The summed E-state index contributed by atoms with van der Waals surface area (Å²) in [7, 11) is 0. The Labute approximate surface area is 167 Å². The summed E-state index contributed by atoms with van der Waals surface area (Å²) in [5.41, 5.74) is 1.31. The lowest BCUT2D eigenvalue weighted by Crippen LogP contribution is -2.38. The number of carboxylic acid groups (broad SMARTS) is 2. The van der Waals surface area contributed by atoms with Crippen LogP contribution in [0.4, 0.5) is 0 Å². The summed E-state index contributed by atoms with van der Waals surface area (Å²) in [6.07, 6.45) is 2.37. The second kappa shape index (κ2) is 12.9. The third kappa shape index (κ3) is 9.53. The van der Waals surface area contributed by atoms with E-state index in [9.17, 15) is 9.59 Å². The van der Waals surface area contributed by atoms with Gasteiger partial charge in [-0.2, -0.15) is 0 Å². The third-order valence-electron chi connectivity index (χ3n) is 4.16. The van der Waals surface area contributed by atoms with E-state index >= 15 is 0 Å². The highest BCUT2D eigenvalue weighted by Crippen LogP contribution is 2.22. The second-order valence-corrected chi connectivity index (χ2v) is 7.02. The van der Waals surface area contributed by atoms with Crippen molar-refractivity contribution in [1.29, 1.82) is 0 Å². The summed E-state index contributed by atoms with van der Waals surface area (Å²) < 4.78 is 5.76. The van der Waals surface area contributed by atoms with Crippen molar-refractivity contribution < 1.29 is 24.5 Å². The van der Waals surface area contributed by atoms with Gasteiger partial charge in [-0.3, -0.25) is 4.90 Å². The van der Waals surface area contributed by atoms with Crippen LogP contribution in [0, 0.1) is 5.92 Å². The Balaban J connectivity index is 0.000000416. The lowest BCUT2D eigenvalue weighted by molar-refractivity contribution is -0.134. The molecule has 7 heteroatoms. The number of benzene rings is 1. The molecule has 28 heavy (non-hydrogen) atoms. The predicted octanol–water partition coefficient (Wildman–Crippen LogP) is 2.62. The number of hydrogen-bond acceptors (Lipinski definition) is 5. The van der Waals surface area contributed by atoms with E-state index in [1.54, 1.807) is 0 Å². The van der Waals surface area contributed by atoms with Gasteiger partial charge in [-0.05, 0) is 31.9 Å². The van der Waals surface area contributed by atoms with Gasteiger partial charge < -0.3 is 20.3 Å². The molecular formula is C21H32N2O5. The van der Waals surface area contributed by atoms with Crippen LogP contribution in [0.1, 0.15) is 32.8 Å². The van der Waals surface area contributed by atoms with Crippen LogP contribution in [0.15, 0.2) is 36.4 Å². The molecule has 3 N–H and O–H groups in total. The molecule has 2 rings (SSSR count). The minimum atomic E-state index is -1.26. The minimum Gasteiger partial charge on any atom is -0.494 e. The summed E-state index contributed by atoms with van der Waals surface area (Å²) in [5, 5.41) is 19.1. The largest absolute Gasteiger partial charge is 0.494 e. The topological polar surface area (TPSA) is 99.1 Å². The molecule has 1 atom stereocenters. The van der Waals surface area contributed by atoms with Crippen LogP contribution in [0.5, 0.6) is 5.75 Å². The van der Waals surface area contributed by atoms with Gasteiger partial charge in [0.05, 0.1) is 6.61 Å². The first-order valence-corrected chi connectivity index (χ1v) is 9.62. The molecule has 1 aliphatic heterocycles. The number of nitrogens with zero attached hydrogens (tertiary/aromatic N) is 1. The van der Waals surface area contributed by atoms with Crippen molar-refractivity contribution in [3.63, 3.8) is 0 Å². The number of rotatable bonds is 9. The smallest absolute Gasteiger partial charge is 0.328 e. The van der Waals surface area contributed by atoms with Crippen LogP contribution in [0.3, 0.4) is 0 Å². The molecular weight excluding hydrogens is 360 g/mol. The fraction of sp³-hybridized carbons (Fsp3) is 0.524. The van der Waals surface area contributed by atoms with Crippen LogP contribution in [-0.4, -0.2) is 59.3 Å². The Hall–Kier alpha value is -2.38. The molecule has 0 radical (unpaired) electrons. The number of nitrogens with one attached hydrogen (secondary N) is 1. The van der Waals surface area contributed by atoms with Gasteiger partial charge in [-0.1, -0.05) is 32.0 Å². The van der Waals surface area contributed by atoms with E-state index in [4.69, 9.17) is 14.9 Å². The average molecular weight is 392 g/mol. The number of para-hydroxylation sites is 1. The van der Waals surface area contributed by atoms with E-state index in [1.807, 2.05) is 6.92 Å². The maximum absolute atomic E-state index is 9.55. The maximum Gasteiger partial charge on any atom is 0.328 e. The van der Waals surface area contributed by atoms with E-state index in [-0.39, 0.29) is 0 Å². The molecule has 0 saturated carbocycles. The molecule has 156 valence electrons. The van der Waals surface area contributed by atoms with Crippen molar-refractivity contribution in [1.82, 2.24) is 10.2 Å².